The summed E-state index contributed by atoms with van der Waals surface area (Å²) in [6, 6.07) is 0.559. The number of carboxylic acid groups (broad SMARTS) is 1. The second-order valence-electron chi connectivity index (χ2n) is 5.63. The molecule has 0 radical (unpaired) electrons. The number of carboxylic acids is 1. The topological polar surface area (TPSA) is 58.6 Å². The lowest BCUT2D eigenvalue weighted by Crippen LogP contribution is -2.65. The van der Waals surface area contributed by atoms with Crippen molar-refractivity contribution in [2.75, 3.05) is 7.11 Å². The van der Waals surface area contributed by atoms with E-state index in [4.69, 9.17) is 9.84 Å². The fourth-order valence-electron chi connectivity index (χ4n) is 2.82. The van der Waals surface area contributed by atoms with E-state index in [1.165, 1.54) is 0 Å². The summed E-state index contributed by atoms with van der Waals surface area (Å²) < 4.78 is 5.38. The summed E-state index contributed by atoms with van der Waals surface area (Å²) in [7, 11) is 1.74. The second-order valence-corrected chi connectivity index (χ2v) is 5.63. The molecule has 0 aromatic heterocycles. The smallest absolute Gasteiger partial charge is 0.308 e. The van der Waals surface area contributed by atoms with Crippen molar-refractivity contribution in [2.24, 2.45) is 11.3 Å². The first-order valence-corrected chi connectivity index (χ1v) is 5.98. The van der Waals surface area contributed by atoms with Crippen LogP contribution in [-0.4, -0.2) is 36.4 Å². The van der Waals surface area contributed by atoms with Gasteiger partial charge >= 0.3 is 5.97 Å². The van der Waals surface area contributed by atoms with Crippen LogP contribution in [-0.2, 0) is 9.53 Å². The summed E-state index contributed by atoms with van der Waals surface area (Å²) >= 11 is 0. The van der Waals surface area contributed by atoms with Gasteiger partial charge in [0, 0.05) is 24.6 Å². The predicted octanol–water partition coefficient (Wildman–Crippen LogP) is 1.25. The molecule has 2 aliphatic rings. The van der Waals surface area contributed by atoms with Crippen LogP contribution in [0, 0.1) is 11.3 Å². The maximum atomic E-state index is 10.9. The fourth-order valence-corrected chi connectivity index (χ4v) is 2.82. The van der Waals surface area contributed by atoms with Crippen molar-refractivity contribution in [2.45, 2.75) is 51.3 Å². The Morgan fingerprint density at radius 2 is 2.12 bits per heavy atom. The third-order valence-corrected chi connectivity index (χ3v) is 4.47. The summed E-state index contributed by atoms with van der Waals surface area (Å²) in [4.78, 5) is 10.9. The molecule has 2 aliphatic carbocycles. The van der Waals surface area contributed by atoms with E-state index in [0.717, 1.165) is 19.3 Å². The monoisotopic (exact) mass is 227 g/mol. The SMILES string of the molecule is COC1CC(NC2CCC2C(=O)O)C1(C)C. The van der Waals surface area contributed by atoms with Gasteiger partial charge in [0.2, 0.25) is 0 Å². The van der Waals surface area contributed by atoms with Gasteiger partial charge in [-0.15, -0.1) is 0 Å². The Labute approximate surface area is 96.4 Å². The van der Waals surface area contributed by atoms with Crippen LogP contribution < -0.4 is 5.32 Å². The standard InChI is InChI=1S/C12H21NO3/c1-12(2)9(6-10(12)16-3)13-8-5-4-7(8)11(14)15/h7-10,13H,4-6H2,1-3H3,(H,14,15). The first-order valence-electron chi connectivity index (χ1n) is 5.98. The normalized spacial score (nSPS) is 40.9. The van der Waals surface area contributed by atoms with Crippen molar-refractivity contribution in [1.29, 1.82) is 0 Å². The Morgan fingerprint density at radius 1 is 1.44 bits per heavy atom. The van der Waals surface area contributed by atoms with Crippen molar-refractivity contribution in [3.8, 4) is 0 Å². The molecule has 2 saturated carbocycles. The minimum absolute atomic E-state index is 0.118. The number of nitrogens with one attached hydrogen (secondary N) is 1. The number of hydrogen-bond donors (Lipinski definition) is 2. The lowest BCUT2D eigenvalue weighted by molar-refractivity contribution is -0.148. The molecule has 2 fully saturated rings. The lowest BCUT2D eigenvalue weighted by Gasteiger charge is -2.54. The lowest BCUT2D eigenvalue weighted by atomic mass is 9.63. The molecule has 0 aliphatic heterocycles. The number of ether oxygens (including phenoxy) is 1. The molecular weight excluding hydrogens is 206 g/mol. The first-order chi connectivity index (χ1) is 7.46. The van der Waals surface area contributed by atoms with Gasteiger partial charge in [-0.1, -0.05) is 13.8 Å². The number of aliphatic carboxylic acids is 1. The number of carbonyl (C=O) groups is 1. The maximum Gasteiger partial charge on any atom is 0.308 e. The largest absolute Gasteiger partial charge is 0.481 e. The zero-order chi connectivity index (χ0) is 11.9. The molecule has 4 nitrogen and oxygen atoms in total. The molecule has 0 aromatic rings. The minimum atomic E-state index is -0.663. The molecule has 0 amide bonds. The van der Waals surface area contributed by atoms with Gasteiger partial charge in [-0.25, -0.2) is 0 Å². The average molecular weight is 227 g/mol. The van der Waals surface area contributed by atoms with Gasteiger partial charge in [0.05, 0.1) is 12.0 Å². The van der Waals surface area contributed by atoms with Crippen molar-refractivity contribution >= 4 is 5.97 Å². The van der Waals surface area contributed by atoms with Crippen LogP contribution in [0.1, 0.15) is 33.1 Å². The number of methoxy groups -OCH3 is 1. The quantitative estimate of drug-likeness (QED) is 0.759. The number of hydrogen-bond acceptors (Lipinski definition) is 3. The molecule has 2 rings (SSSR count). The van der Waals surface area contributed by atoms with Gasteiger partial charge in [-0.05, 0) is 19.3 Å². The maximum absolute atomic E-state index is 10.9. The Kier molecular flexibility index (Phi) is 2.97. The Balaban J connectivity index is 1.86. The van der Waals surface area contributed by atoms with E-state index in [1.807, 2.05) is 0 Å². The van der Waals surface area contributed by atoms with Gasteiger partial charge in [-0.2, -0.15) is 0 Å². The summed E-state index contributed by atoms with van der Waals surface area (Å²) in [5.74, 6) is -0.846. The highest BCUT2D eigenvalue weighted by atomic mass is 16.5. The molecule has 0 bridgehead atoms. The average Bonchev–Trinajstić information content (AvgIpc) is 2.13. The number of rotatable bonds is 4. The summed E-state index contributed by atoms with van der Waals surface area (Å²) in [6.07, 6.45) is 3.09. The third kappa shape index (κ3) is 1.74. The molecule has 4 atom stereocenters. The highest BCUT2D eigenvalue weighted by Gasteiger charge is 2.50. The van der Waals surface area contributed by atoms with E-state index < -0.39 is 5.97 Å². The molecule has 0 saturated heterocycles. The highest BCUT2D eigenvalue weighted by molar-refractivity contribution is 5.72. The second kappa shape index (κ2) is 4.00. The van der Waals surface area contributed by atoms with Crippen molar-refractivity contribution in [1.82, 2.24) is 5.32 Å². The third-order valence-electron chi connectivity index (χ3n) is 4.47. The van der Waals surface area contributed by atoms with Crippen LogP contribution >= 0.6 is 0 Å². The van der Waals surface area contributed by atoms with E-state index in [-0.39, 0.29) is 17.4 Å². The van der Waals surface area contributed by atoms with E-state index >= 15 is 0 Å². The minimum Gasteiger partial charge on any atom is -0.481 e. The van der Waals surface area contributed by atoms with E-state index in [9.17, 15) is 4.79 Å². The van der Waals surface area contributed by atoms with Gasteiger partial charge in [0.15, 0.2) is 0 Å². The molecule has 0 aromatic carbocycles. The van der Waals surface area contributed by atoms with Gasteiger partial charge < -0.3 is 15.2 Å². The zero-order valence-electron chi connectivity index (χ0n) is 10.2. The van der Waals surface area contributed by atoms with E-state index in [1.54, 1.807) is 7.11 Å². The molecule has 4 unspecified atom stereocenters. The zero-order valence-corrected chi connectivity index (χ0v) is 10.2. The summed E-state index contributed by atoms with van der Waals surface area (Å²) in [5.41, 5.74) is 0.118. The molecule has 4 heteroatoms. The highest BCUT2D eigenvalue weighted by Crippen LogP contribution is 2.44. The predicted molar refractivity (Wildman–Crippen MR) is 60.3 cm³/mol. The van der Waals surface area contributed by atoms with Crippen LogP contribution in [0.4, 0.5) is 0 Å². The Morgan fingerprint density at radius 3 is 2.50 bits per heavy atom. The fraction of sp³-hybridized carbons (Fsp3) is 0.917. The van der Waals surface area contributed by atoms with Crippen LogP contribution in [0.2, 0.25) is 0 Å². The van der Waals surface area contributed by atoms with Gasteiger partial charge in [0.1, 0.15) is 0 Å². The molecule has 16 heavy (non-hydrogen) atoms. The van der Waals surface area contributed by atoms with Crippen LogP contribution in [0.25, 0.3) is 0 Å². The molecule has 92 valence electrons. The van der Waals surface area contributed by atoms with Crippen molar-refractivity contribution in [3.05, 3.63) is 0 Å². The Bertz CT molecular complexity index is 290. The van der Waals surface area contributed by atoms with Crippen LogP contribution in [0.15, 0.2) is 0 Å². The first kappa shape index (κ1) is 11.9. The summed E-state index contributed by atoms with van der Waals surface area (Å²) in [6.45, 7) is 4.35. The van der Waals surface area contributed by atoms with Crippen LogP contribution in [0.5, 0.6) is 0 Å². The summed E-state index contributed by atoms with van der Waals surface area (Å²) in [5, 5.41) is 12.4. The van der Waals surface area contributed by atoms with E-state index in [2.05, 4.69) is 19.2 Å². The Hall–Kier alpha value is -0.610. The van der Waals surface area contributed by atoms with Crippen molar-refractivity contribution in [3.63, 3.8) is 0 Å². The van der Waals surface area contributed by atoms with Gasteiger partial charge in [0.25, 0.3) is 0 Å². The van der Waals surface area contributed by atoms with E-state index in [0.29, 0.717) is 12.1 Å². The van der Waals surface area contributed by atoms with Gasteiger partial charge in [-0.3, -0.25) is 4.79 Å². The molecular formula is C12H21NO3. The van der Waals surface area contributed by atoms with Crippen molar-refractivity contribution < 1.29 is 14.6 Å². The molecule has 0 heterocycles. The van der Waals surface area contributed by atoms with Crippen LogP contribution in [0.3, 0.4) is 0 Å². The molecule has 2 N–H and O–H groups in total. The molecule has 0 spiro atoms.